The van der Waals surface area contributed by atoms with Gasteiger partial charge in [0.1, 0.15) is 10.8 Å². The van der Waals surface area contributed by atoms with Gasteiger partial charge in [-0.1, -0.05) is 48.0 Å². The summed E-state index contributed by atoms with van der Waals surface area (Å²) in [7, 11) is 1.71. The zero-order valence-electron chi connectivity index (χ0n) is 11.7. The Morgan fingerprint density at radius 2 is 1.95 bits per heavy atom. The van der Waals surface area contributed by atoms with Gasteiger partial charge in [0.2, 0.25) is 0 Å². The SMILES string of the molecule is CN(C(=O)c1cccc(Cl)n1)C(CCO)c1ccccc1. The number of rotatable bonds is 5. The van der Waals surface area contributed by atoms with Crippen LogP contribution in [-0.4, -0.2) is 34.6 Å². The molecule has 0 aliphatic heterocycles. The third kappa shape index (κ3) is 3.80. The van der Waals surface area contributed by atoms with E-state index in [1.54, 1.807) is 30.1 Å². The Kier molecular flexibility index (Phi) is 5.31. The van der Waals surface area contributed by atoms with Crippen LogP contribution in [0.15, 0.2) is 48.5 Å². The van der Waals surface area contributed by atoms with Crippen LogP contribution in [0.2, 0.25) is 5.15 Å². The molecule has 0 bridgehead atoms. The molecule has 0 spiro atoms. The highest BCUT2D eigenvalue weighted by Crippen LogP contribution is 2.24. The van der Waals surface area contributed by atoms with Gasteiger partial charge in [-0.25, -0.2) is 4.98 Å². The molecule has 110 valence electrons. The molecule has 0 saturated heterocycles. The number of nitrogens with zero attached hydrogens (tertiary/aromatic N) is 2. The molecule has 1 aromatic heterocycles. The highest BCUT2D eigenvalue weighted by atomic mass is 35.5. The molecule has 2 aromatic rings. The molecular formula is C16H17ClN2O2. The van der Waals surface area contributed by atoms with Gasteiger partial charge in [0.15, 0.2) is 0 Å². The van der Waals surface area contributed by atoms with E-state index in [0.29, 0.717) is 12.1 Å². The summed E-state index contributed by atoms with van der Waals surface area (Å²) in [5, 5.41) is 9.55. The number of aromatic nitrogens is 1. The van der Waals surface area contributed by atoms with Gasteiger partial charge in [-0.05, 0) is 24.1 Å². The number of amides is 1. The van der Waals surface area contributed by atoms with Crippen LogP contribution in [0.1, 0.15) is 28.5 Å². The van der Waals surface area contributed by atoms with Gasteiger partial charge in [0.05, 0.1) is 6.04 Å². The quantitative estimate of drug-likeness (QED) is 0.864. The van der Waals surface area contributed by atoms with Crippen molar-refractivity contribution in [3.63, 3.8) is 0 Å². The predicted octanol–water partition coefficient (Wildman–Crippen LogP) is 2.93. The molecule has 1 atom stereocenters. The highest BCUT2D eigenvalue weighted by Gasteiger charge is 2.23. The average molecular weight is 305 g/mol. The Hall–Kier alpha value is -1.91. The molecule has 4 nitrogen and oxygen atoms in total. The molecule has 0 aliphatic carbocycles. The number of hydrogen-bond acceptors (Lipinski definition) is 3. The number of pyridine rings is 1. The van der Waals surface area contributed by atoms with Gasteiger partial charge in [-0.2, -0.15) is 0 Å². The molecule has 0 fully saturated rings. The molecule has 0 saturated carbocycles. The first-order chi connectivity index (χ1) is 10.1. The number of carbonyl (C=O) groups is 1. The van der Waals surface area contributed by atoms with Gasteiger partial charge in [-0.3, -0.25) is 4.79 Å². The molecule has 2 rings (SSSR count). The second-order valence-corrected chi connectivity index (χ2v) is 5.09. The van der Waals surface area contributed by atoms with Crippen LogP contribution in [0.5, 0.6) is 0 Å². The van der Waals surface area contributed by atoms with Crippen LogP contribution in [0.25, 0.3) is 0 Å². The zero-order valence-corrected chi connectivity index (χ0v) is 12.5. The Labute approximate surface area is 129 Å². The van der Waals surface area contributed by atoms with Crippen LogP contribution in [0.3, 0.4) is 0 Å². The number of halogens is 1. The van der Waals surface area contributed by atoms with Crippen molar-refractivity contribution in [1.82, 2.24) is 9.88 Å². The molecule has 5 heteroatoms. The van der Waals surface area contributed by atoms with Crippen molar-refractivity contribution in [3.8, 4) is 0 Å². The predicted molar refractivity (Wildman–Crippen MR) is 82.2 cm³/mol. The highest BCUT2D eigenvalue weighted by molar-refractivity contribution is 6.29. The number of hydrogen-bond donors (Lipinski definition) is 1. The number of carbonyl (C=O) groups excluding carboxylic acids is 1. The third-order valence-corrected chi connectivity index (χ3v) is 3.52. The molecule has 1 aromatic carbocycles. The fraction of sp³-hybridized carbons (Fsp3) is 0.250. The van der Waals surface area contributed by atoms with Crippen LogP contribution >= 0.6 is 11.6 Å². The van der Waals surface area contributed by atoms with Crippen molar-refractivity contribution in [2.45, 2.75) is 12.5 Å². The van der Waals surface area contributed by atoms with Crippen molar-refractivity contribution < 1.29 is 9.90 Å². The van der Waals surface area contributed by atoms with Gasteiger partial charge < -0.3 is 10.0 Å². The summed E-state index contributed by atoms with van der Waals surface area (Å²) in [4.78, 5) is 18.1. The monoisotopic (exact) mass is 304 g/mol. The van der Waals surface area contributed by atoms with Gasteiger partial charge in [-0.15, -0.1) is 0 Å². The van der Waals surface area contributed by atoms with E-state index in [9.17, 15) is 9.90 Å². The minimum Gasteiger partial charge on any atom is -0.396 e. The van der Waals surface area contributed by atoms with E-state index in [0.717, 1.165) is 5.56 Å². The first-order valence-corrected chi connectivity index (χ1v) is 7.07. The lowest BCUT2D eigenvalue weighted by Gasteiger charge is -2.28. The van der Waals surface area contributed by atoms with Crippen LogP contribution in [0, 0.1) is 0 Å². The maximum absolute atomic E-state index is 12.5. The van der Waals surface area contributed by atoms with Crippen molar-refractivity contribution in [1.29, 1.82) is 0 Å². The Morgan fingerprint density at radius 1 is 1.24 bits per heavy atom. The van der Waals surface area contributed by atoms with E-state index in [1.165, 1.54) is 0 Å². The fourth-order valence-corrected chi connectivity index (χ4v) is 2.39. The molecule has 1 unspecified atom stereocenters. The van der Waals surface area contributed by atoms with E-state index >= 15 is 0 Å². The average Bonchev–Trinajstić information content (AvgIpc) is 2.52. The summed E-state index contributed by atoms with van der Waals surface area (Å²) in [6.07, 6.45) is 0.465. The van der Waals surface area contributed by atoms with Crippen LogP contribution in [-0.2, 0) is 0 Å². The lowest BCUT2D eigenvalue weighted by atomic mass is 10.0. The maximum atomic E-state index is 12.5. The van der Waals surface area contributed by atoms with Crippen molar-refractivity contribution in [2.24, 2.45) is 0 Å². The summed E-state index contributed by atoms with van der Waals surface area (Å²) in [5.41, 5.74) is 1.27. The van der Waals surface area contributed by atoms with Gasteiger partial charge in [0, 0.05) is 13.7 Å². The molecular weight excluding hydrogens is 288 g/mol. The second-order valence-electron chi connectivity index (χ2n) is 4.70. The van der Waals surface area contributed by atoms with Crippen LogP contribution < -0.4 is 0 Å². The third-order valence-electron chi connectivity index (χ3n) is 3.31. The number of aliphatic hydroxyl groups is 1. The summed E-state index contributed by atoms with van der Waals surface area (Å²) in [6.45, 7) is 0.000154. The molecule has 0 radical (unpaired) electrons. The largest absolute Gasteiger partial charge is 0.396 e. The summed E-state index contributed by atoms with van der Waals surface area (Å²) in [6, 6.07) is 14.4. The van der Waals surface area contributed by atoms with E-state index in [2.05, 4.69) is 4.98 Å². The topological polar surface area (TPSA) is 53.4 Å². The lowest BCUT2D eigenvalue weighted by Crippen LogP contribution is -2.32. The Bertz CT molecular complexity index is 604. The minimum atomic E-state index is -0.222. The second kappa shape index (κ2) is 7.20. The van der Waals surface area contributed by atoms with E-state index in [1.807, 2.05) is 30.3 Å². The normalized spacial score (nSPS) is 12.0. The van der Waals surface area contributed by atoms with Crippen molar-refractivity contribution >= 4 is 17.5 Å². The van der Waals surface area contributed by atoms with E-state index < -0.39 is 0 Å². The Balaban J connectivity index is 2.26. The van der Waals surface area contributed by atoms with Gasteiger partial charge in [0.25, 0.3) is 5.91 Å². The first kappa shape index (κ1) is 15.5. The fourth-order valence-electron chi connectivity index (χ4n) is 2.23. The Morgan fingerprint density at radius 3 is 2.57 bits per heavy atom. The standard InChI is InChI=1S/C16H17ClN2O2/c1-19(16(21)13-8-5-9-15(17)18-13)14(10-11-20)12-6-3-2-4-7-12/h2-9,14,20H,10-11H2,1H3. The van der Waals surface area contributed by atoms with E-state index in [4.69, 9.17) is 11.6 Å². The number of benzene rings is 1. The maximum Gasteiger partial charge on any atom is 0.272 e. The molecule has 1 amide bonds. The molecule has 1 heterocycles. The molecule has 1 N–H and O–H groups in total. The smallest absolute Gasteiger partial charge is 0.272 e. The van der Waals surface area contributed by atoms with Crippen molar-refractivity contribution in [2.75, 3.05) is 13.7 Å². The molecule has 21 heavy (non-hydrogen) atoms. The summed E-state index contributed by atoms with van der Waals surface area (Å²) < 4.78 is 0. The first-order valence-electron chi connectivity index (χ1n) is 6.69. The summed E-state index contributed by atoms with van der Waals surface area (Å²) >= 11 is 5.83. The number of aliphatic hydroxyl groups excluding tert-OH is 1. The summed E-state index contributed by atoms with van der Waals surface area (Å²) in [5.74, 6) is -0.222. The van der Waals surface area contributed by atoms with Crippen LogP contribution in [0.4, 0.5) is 0 Å². The van der Waals surface area contributed by atoms with Gasteiger partial charge >= 0.3 is 0 Å². The van der Waals surface area contributed by atoms with Crippen molar-refractivity contribution in [3.05, 3.63) is 64.9 Å². The minimum absolute atomic E-state index is 0.000154. The molecule has 0 aliphatic rings. The van der Waals surface area contributed by atoms with E-state index in [-0.39, 0.29) is 23.7 Å². The lowest BCUT2D eigenvalue weighted by molar-refractivity contribution is 0.0699. The zero-order chi connectivity index (χ0) is 15.2.